The van der Waals surface area contributed by atoms with Gasteiger partial charge in [0.1, 0.15) is 0 Å². The lowest BCUT2D eigenvalue weighted by Gasteiger charge is -2.60. The van der Waals surface area contributed by atoms with E-state index in [-0.39, 0.29) is 16.4 Å². The van der Waals surface area contributed by atoms with E-state index >= 15 is 0 Å². The van der Waals surface area contributed by atoms with E-state index in [2.05, 4.69) is 13.0 Å². The first kappa shape index (κ1) is 15.6. The number of carbonyl (C=O) groups excluding carboxylic acids is 1. The van der Waals surface area contributed by atoms with Gasteiger partial charge in [-0.25, -0.2) is 0 Å². The first-order chi connectivity index (χ1) is 11.4. The molecule has 0 aromatic rings. The molecule has 5 aliphatic carbocycles. The number of allylic oxidation sites excluding steroid dienone is 2. The van der Waals surface area contributed by atoms with Crippen LogP contribution in [0.25, 0.3) is 0 Å². The molecule has 8 atom stereocenters. The number of hydrogen-bond acceptors (Lipinski definition) is 3. The van der Waals surface area contributed by atoms with E-state index in [4.69, 9.17) is 4.74 Å². The number of carbonyl (C=O) groups is 1. The van der Waals surface area contributed by atoms with Crippen LogP contribution in [0.5, 0.6) is 0 Å². The molecule has 5 aliphatic rings. The maximum atomic E-state index is 12.4. The van der Waals surface area contributed by atoms with E-state index in [0.29, 0.717) is 35.4 Å². The van der Waals surface area contributed by atoms with Gasteiger partial charge in [0.15, 0.2) is 5.78 Å². The maximum Gasteiger partial charge on any atom is 0.161 e. The fourth-order valence-electron chi connectivity index (χ4n) is 7.71. The molecule has 1 N–H and O–H groups in total. The number of aliphatic hydroxyl groups is 1. The zero-order valence-corrected chi connectivity index (χ0v) is 15.0. The molecular formula is C21H30O3. The summed E-state index contributed by atoms with van der Waals surface area (Å²) in [6.07, 6.45) is 11.8. The molecule has 5 rings (SSSR count). The zero-order valence-electron chi connectivity index (χ0n) is 15.0. The summed E-state index contributed by atoms with van der Waals surface area (Å²) in [5, 5.41) is 10.7. The van der Waals surface area contributed by atoms with Gasteiger partial charge in [0, 0.05) is 17.9 Å². The maximum absolute atomic E-state index is 12.4. The third-order valence-corrected chi connectivity index (χ3v) is 9.02. The van der Waals surface area contributed by atoms with Crippen molar-refractivity contribution in [3.05, 3.63) is 12.2 Å². The van der Waals surface area contributed by atoms with Gasteiger partial charge in [0.25, 0.3) is 0 Å². The number of hydrogen-bond donors (Lipinski definition) is 1. The predicted octanol–water partition coefficient (Wildman–Crippen LogP) is 3.36. The minimum atomic E-state index is -0.346. The molecule has 1 unspecified atom stereocenters. The molecule has 3 nitrogen and oxygen atoms in total. The van der Waals surface area contributed by atoms with Crippen LogP contribution in [0.4, 0.5) is 0 Å². The third kappa shape index (κ3) is 1.73. The topological polar surface area (TPSA) is 46.5 Å². The van der Waals surface area contributed by atoms with Crippen molar-refractivity contribution in [2.45, 2.75) is 57.5 Å². The van der Waals surface area contributed by atoms with Crippen molar-refractivity contribution in [1.29, 1.82) is 0 Å². The Labute approximate surface area is 144 Å². The van der Waals surface area contributed by atoms with Crippen molar-refractivity contribution in [2.24, 2.45) is 40.4 Å². The monoisotopic (exact) mass is 330 g/mol. The second-order valence-electron chi connectivity index (χ2n) is 9.74. The van der Waals surface area contributed by atoms with Gasteiger partial charge >= 0.3 is 0 Å². The summed E-state index contributed by atoms with van der Waals surface area (Å²) in [7, 11) is 1.84. The van der Waals surface area contributed by atoms with Gasteiger partial charge in [0.2, 0.25) is 0 Å². The van der Waals surface area contributed by atoms with Crippen LogP contribution in [0.15, 0.2) is 12.2 Å². The van der Waals surface area contributed by atoms with Crippen LogP contribution in [0.2, 0.25) is 0 Å². The van der Waals surface area contributed by atoms with Crippen LogP contribution in [0.3, 0.4) is 0 Å². The Hall–Kier alpha value is -0.670. The van der Waals surface area contributed by atoms with E-state index in [1.54, 1.807) is 0 Å². The number of fused-ring (bicyclic) bond motifs is 7. The molecule has 0 heterocycles. The highest BCUT2D eigenvalue weighted by atomic mass is 16.5. The quantitative estimate of drug-likeness (QED) is 0.844. The molecular weight excluding hydrogens is 300 g/mol. The minimum Gasteiger partial charge on any atom is -0.390 e. The van der Waals surface area contributed by atoms with E-state index in [1.165, 1.54) is 12.8 Å². The normalized spacial score (nSPS) is 57.8. The minimum absolute atomic E-state index is 0.142. The molecule has 0 aromatic carbocycles. The lowest BCUT2D eigenvalue weighted by molar-refractivity contribution is -0.158. The van der Waals surface area contributed by atoms with E-state index in [9.17, 15) is 9.90 Å². The summed E-state index contributed by atoms with van der Waals surface area (Å²) < 4.78 is 5.78. The zero-order chi connectivity index (χ0) is 16.7. The third-order valence-electron chi connectivity index (χ3n) is 9.02. The van der Waals surface area contributed by atoms with Crippen LogP contribution in [-0.2, 0) is 9.53 Å². The van der Waals surface area contributed by atoms with Crippen LogP contribution in [0.1, 0.15) is 51.9 Å². The average Bonchev–Trinajstić information content (AvgIpc) is 3.16. The summed E-state index contributed by atoms with van der Waals surface area (Å²) in [6.45, 7) is 3.04. The van der Waals surface area contributed by atoms with Crippen molar-refractivity contribution < 1.29 is 14.6 Å². The number of ketones is 1. The van der Waals surface area contributed by atoms with Crippen LogP contribution < -0.4 is 0 Å². The van der Waals surface area contributed by atoms with E-state index in [1.807, 2.05) is 13.2 Å². The molecule has 0 spiro atoms. The summed E-state index contributed by atoms with van der Waals surface area (Å²) in [5.74, 6) is 3.21. The second kappa shape index (κ2) is 4.73. The molecule has 0 bridgehead atoms. The van der Waals surface area contributed by atoms with Crippen LogP contribution >= 0.6 is 0 Å². The van der Waals surface area contributed by atoms with Crippen molar-refractivity contribution in [1.82, 2.24) is 0 Å². The smallest absolute Gasteiger partial charge is 0.161 e. The molecule has 4 fully saturated rings. The van der Waals surface area contributed by atoms with Crippen molar-refractivity contribution in [3.63, 3.8) is 0 Å². The van der Waals surface area contributed by atoms with Gasteiger partial charge < -0.3 is 9.84 Å². The first-order valence-corrected chi connectivity index (χ1v) is 9.89. The Morgan fingerprint density at radius 1 is 1.17 bits per heavy atom. The Morgan fingerprint density at radius 3 is 2.79 bits per heavy atom. The van der Waals surface area contributed by atoms with E-state index < -0.39 is 0 Å². The Morgan fingerprint density at radius 2 is 2.00 bits per heavy atom. The Bertz CT molecular complexity index is 612. The molecule has 0 radical (unpaired) electrons. The molecule has 0 saturated heterocycles. The van der Waals surface area contributed by atoms with Gasteiger partial charge in [-0.05, 0) is 80.6 Å². The summed E-state index contributed by atoms with van der Waals surface area (Å²) in [5.41, 5.74) is -0.246. The summed E-state index contributed by atoms with van der Waals surface area (Å²) >= 11 is 0. The SMILES string of the molecule is COC[C@]12CC[C@]3(O)CC3[C@H]1CC[C@@H]1[C@@H]2CC[C@]2(C)C(=O)C=C[C@@H]12. The van der Waals surface area contributed by atoms with Crippen molar-refractivity contribution in [3.8, 4) is 0 Å². The number of ether oxygens (including phenoxy) is 1. The molecule has 132 valence electrons. The van der Waals surface area contributed by atoms with Crippen LogP contribution in [0, 0.1) is 40.4 Å². The van der Waals surface area contributed by atoms with Crippen molar-refractivity contribution in [2.75, 3.05) is 13.7 Å². The molecule has 0 aromatic heterocycles. The number of rotatable bonds is 2. The van der Waals surface area contributed by atoms with Gasteiger partial charge in [-0.3, -0.25) is 4.79 Å². The average molecular weight is 330 g/mol. The van der Waals surface area contributed by atoms with E-state index in [0.717, 1.165) is 38.7 Å². The summed E-state index contributed by atoms with van der Waals surface area (Å²) in [6, 6.07) is 0. The number of methoxy groups -OCH3 is 1. The highest BCUT2D eigenvalue weighted by Crippen LogP contribution is 2.71. The van der Waals surface area contributed by atoms with Gasteiger partial charge in [0.05, 0.1) is 12.2 Å². The highest BCUT2D eigenvalue weighted by molar-refractivity contribution is 5.97. The predicted molar refractivity (Wildman–Crippen MR) is 91.3 cm³/mol. The standard InChI is InChI=1S/C21H30O3/c1-19-8-7-15-13(14(19)5-6-18(19)22)3-4-16-17-11-21(17,23)10-9-20(15,16)12-24-2/h5-6,13-17,23H,3-4,7-12H2,1-2H3/t13-,14-,15-,16+,17?,19-,20-,21-/m0/s1. The molecule has 24 heavy (non-hydrogen) atoms. The lowest BCUT2D eigenvalue weighted by atomic mass is 9.44. The van der Waals surface area contributed by atoms with Gasteiger partial charge in [-0.15, -0.1) is 0 Å². The van der Waals surface area contributed by atoms with Crippen molar-refractivity contribution >= 4 is 5.78 Å². The molecule has 3 heteroatoms. The Kier molecular flexibility index (Phi) is 3.07. The lowest BCUT2D eigenvalue weighted by Crippen LogP contribution is -2.57. The fraction of sp³-hybridized carbons (Fsp3) is 0.857. The fourth-order valence-corrected chi connectivity index (χ4v) is 7.71. The molecule has 4 saturated carbocycles. The van der Waals surface area contributed by atoms with Gasteiger partial charge in [-0.2, -0.15) is 0 Å². The largest absolute Gasteiger partial charge is 0.390 e. The molecule has 0 aliphatic heterocycles. The highest BCUT2D eigenvalue weighted by Gasteiger charge is 2.69. The van der Waals surface area contributed by atoms with Crippen LogP contribution in [-0.4, -0.2) is 30.2 Å². The second-order valence-corrected chi connectivity index (χ2v) is 9.74. The van der Waals surface area contributed by atoms with Gasteiger partial charge in [-0.1, -0.05) is 13.0 Å². The Balaban J connectivity index is 1.52. The summed E-state index contributed by atoms with van der Waals surface area (Å²) in [4.78, 5) is 12.4. The molecule has 0 amide bonds. The first-order valence-electron chi connectivity index (χ1n) is 9.89.